The van der Waals surface area contributed by atoms with E-state index >= 15 is 0 Å². The van der Waals surface area contributed by atoms with Crippen molar-refractivity contribution in [3.63, 3.8) is 0 Å². The van der Waals surface area contributed by atoms with Crippen molar-refractivity contribution >= 4 is 5.91 Å². The van der Waals surface area contributed by atoms with Crippen LogP contribution in [0, 0.1) is 0 Å². The molecule has 0 radical (unpaired) electrons. The van der Waals surface area contributed by atoms with Gasteiger partial charge in [-0.05, 0) is 49.1 Å². The maximum absolute atomic E-state index is 12.3. The fourth-order valence-electron chi connectivity index (χ4n) is 3.62. The number of fused-ring (bicyclic) bond motifs is 1. The van der Waals surface area contributed by atoms with Gasteiger partial charge in [0.2, 0.25) is 0 Å². The second kappa shape index (κ2) is 10.7. The third-order valence-electron chi connectivity index (χ3n) is 5.34. The highest BCUT2D eigenvalue weighted by molar-refractivity contribution is 5.77. The standard InChI is InChI=1S/C24H28N4O4/c29-23(25-14-6-16-28-24(30)27-15-5-4-9-22(27)26-28)18-32-21-12-10-20(11-13-21)31-17-19-7-2-1-3-8-19/h1-3,7-8,10-13H,4-6,9,14-18H2,(H,25,29). The summed E-state index contributed by atoms with van der Waals surface area (Å²) in [4.78, 5) is 24.3. The first kappa shape index (κ1) is 21.7. The van der Waals surface area contributed by atoms with E-state index in [1.54, 1.807) is 16.7 Å². The molecule has 0 unspecified atom stereocenters. The van der Waals surface area contributed by atoms with Crippen LogP contribution in [0.1, 0.15) is 30.7 Å². The van der Waals surface area contributed by atoms with Gasteiger partial charge in [0.1, 0.15) is 23.9 Å². The van der Waals surface area contributed by atoms with E-state index in [1.807, 2.05) is 42.5 Å². The number of nitrogens with one attached hydrogen (secondary N) is 1. The average Bonchev–Trinajstić information content (AvgIpc) is 3.16. The van der Waals surface area contributed by atoms with Crippen molar-refractivity contribution in [2.45, 2.75) is 45.4 Å². The van der Waals surface area contributed by atoms with Crippen LogP contribution in [0.4, 0.5) is 0 Å². The number of carbonyl (C=O) groups excluding carboxylic acids is 1. The van der Waals surface area contributed by atoms with E-state index in [1.165, 1.54) is 4.68 Å². The van der Waals surface area contributed by atoms with Gasteiger partial charge in [-0.3, -0.25) is 9.36 Å². The van der Waals surface area contributed by atoms with E-state index in [9.17, 15) is 9.59 Å². The van der Waals surface area contributed by atoms with Gasteiger partial charge in [0.25, 0.3) is 5.91 Å². The van der Waals surface area contributed by atoms with Crippen LogP contribution < -0.4 is 20.5 Å². The summed E-state index contributed by atoms with van der Waals surface area (Å²) in [5.74, 6) is 2.00. The molecule has 0 fully saturated rings. The highest BCUT2D eigenvalue weighted by Crippen LogP contribution is 2.18. The fourth-order valence-corrected chi connectivity index (χ4v) is 3.62. The molecule has 32 heavy (non-hydrogen) atoms. The highest BCUT2D eigenvalue weighted by Gasteiger charge is 2.16. The number of aryl methyl sites for hydroxylation is 2. The molecule has 0 saturated heterocycles. The lowest BCUT2D eigenvalue weighted by atomic mass is 10.2. The molecule has 0 saturated carbocycles. The Balaban J connectivity index is 1.14. The normalized spacial score (nSPS) is 12.8. The minimum atomic E-state index is -0.203. The first-order chi connectivity index (χ1) is 15.7. The number of rotatable bonds is 10. The smallest absolute Gasteiger partial charge is 0.345 e. The lowest BCUT2D eigenvalue weighted by Crippen LogP contribution is -2.31. The Labute approximate surface area is 186 Å². The van der Waals surface area contributed by atoms with Crippen molar-refractivity contribution in [2.75, 3.05) is 13.2 Å². The molecule has 168 valence electrons. The molecule has 8 heteroatoms. The Bertz CT molecular complexity index is 1070. The Morgan fingerprint density at radius 1 is 1.00 bits per heavy atom. The second-order valence-electron chi connectivity index (χ2n) is 7.77. The second-order valence-corrected chi connectivity index (χ2v) is 7.77. The largest absolute Gasteiger partial charge is 0.489 e. The van der Waals surface area contributed by atoms with E-state index < -0.39 is 0 Å². The first-order valence-electron chi connectivity index (χ1n) is 11.0. The van der Waals surface area contributed by atoms with Crippen molar-refractivity contribution in [2.24, 2.45) is 0 Å². The number of nitrogens with zero attached hydrogens (tertiary/aromatic N) is 3. The molecular weight excluding hydrogens is 408 g/mol. The van der Waals surface area contributed by atoms with Crippen LogP contribution in [0.25, 0.3) is 0 Å². The molecule has 2 aromatic carbocycles. The molecule has 1 N–H and O–H groups in total. The third kappa shape index (κ3) is 5.78. The molecule has 2 heterocycles. The van der Waals surface area contributed by atoms with E-state index in [0.717, 1.165) is 42.9 Å². The summed E-state index contributed by atoms with van der Waals surface area (Å²) in [6, 6.07) is 17.1. The van der Waals surface area contributed by atoms with Gasteiger partial charge in [0.15, 0.2) is 6.61 Å². The summed E-state index contributed by atoms with van der Waals surface area (Å²) in [5.41, 5.74) is 1.05. The first-order valence-corrected chi connectivity index (χ1v) is 11.0. The van der Waals surface area contributed by atoms with Crippen molar-refractivity contribution in [3.05, 3.63) is 76.5 Å². The topological polar surface area (TPSA) is 87.4 Å². The molecule has 4 rings (SSSR count). The number of amides is 1. The monoisotopic (exact) mass is 436 g/mol. The number of benzene rings is 2. The molecular formula is C24H28N4O4. The van der Waals surface area contributed by atoms with Crippen LogP contribution in [0.2, 0.25) is 0 Å². The zero-order valence-corrected chi connectivity index (χ0v) is 18.0. The van der Waals surface area contributed by atoms with Crippen LogP contribution in [0.15, 0.2) is 59.4 Å². The third-order valence-corrected chi connectivity index (χ3v) is 5.34. The highest BCUT2D eigenvalue weighted by atomic mass is 16.5. The van der Waals surface area contributed by atoms with Gasteiger partial charge in [-0.1, -0.05) is 30.3 Å². The summed E-state index contributed by atoms with van der Waals surface area (Å²) in [7, 11) is 0. The quantitative estimate of drug-likeness (QED) is 0.494. The number of ether oxygens (including phenoxy) is 2. The predicted octanol–water partition coefficient (Wildman–Crippen LogP) is 2.55. The van der Waals surface area contributed by atoms with Gasteiger partial charge in [0, 0.05) is 26.1 Å². The lowest BCUT2D eigenvalue weighted by molar-refractivity contribution is -0.123. The molecule has 1 aliphatic rings. The molecule has 3 aromatic rings. The average molecular weight is 437 g/mol. The van der Waals surface area contributed by atoms with E-state index in [-0.39, 0.29) is 18.2 Å². The zero-order chi connectivity index (χ0) is 22.2. The Hall–Kier alpha value is -3.55. The maximum Gasteiger partial charge on any atom is 0.345 e. The van der Waals surface area contributed by atoms with Crippen molar-refractivity contribution < 1.29 is 14.3 Å². The Morgan fingerprint density at radius 2 is 1.75 bits per heavy atom. The van der Waals surface area contributed by atoms with E-state index in [2.05, 4.69) is 10.4 Å². The van der Waals surface area contributed by atoms with Crippen LogP contribution in [0.3, 0.4) is 0 Å². The minimum Gasteiger partial charge on any atom is -0.489 e. The molecule has 1 aromatic heterocycles. The van der Waals surface area contributed by atoms with Gasteiger partial charge in [-0.15, -0.1) is 0 Å². The lowest BCUT2D eigenvalue weighted by Gasteiger charge is -2.09. The number of carbonyl (C=O) groups is 1. The van der Waals surface area contributed by atoms with Crippen LogP contribution in [-0.4, -0.2) is 33.4 Å². The molecule has 0 bridgehead atoms. The van der Waals surface area contributed by atoms with Crippen LogP contribution >= 0.6 is 0 Å². The zero-order valence-electron chi connectivity index (χ0n) is 18.0. The summed E-state index contributed by atoms with van der Waals surface area (Å²) in [5, 5.41) is 7.22. The molecule has 1 aliphatic heterocycles. The van der Waals surface area contributed by atoms with Crippen molar-refractivity contribution in [1.82, 2.24) is 19.7 Å². The van der Waals surface area contributed by atoms with Crippen LogP contribution in [0.5, 0.6) is 11.5 Å². The predicted molar refractivity (Wildman–Crippen MR) is 120 cm³/mol. The Morgan fingerprint density at radius 3 is 2.50 bits per heavy atom. The number of hydrogen-bond acceptors (Lipinski definition) is 5. The molecule has 0 aliphatic carbocycles. The number of aromatic nitrogens is 3. The van der Waals surface area contributed by atoms with E-state index in [0.29, 0.717) is 31.9 Å². The molecule has 0 spiro atoms. The Kier molecular flexibility index (Phi) is 7.22. The summed E-state index contributed by atoms with van der Waals surface area (Å²) >= 11 is 0. The summed E-state index contributed by atoms with van der Waals surface area (Å²) in [6.45, 7) is 2.13. The van der Waals surface area contributed by atoms with Crippen LogP contribution in [-0.2, 0) is 30.9 Å². The van der Waals surface area contributed by atoms with Gasteiger partial charge in [-0.2, -0.15) is 5.10 Å². The minimum absolute atomic E-state index is 0.0504. The SMILES string of the molecule is O=C(COc1ccc(OCc2ccccc2)cc1)NCCCn1nc2n(c1=O)CCCC2. The van der Waals surface area contributed by atoms with E-state index in [4.69, 9.17) is 9.47 Å². The maximum atomic E-state index is 12.3. The molecule has 1 amide bonds. The van der Waals surface area contributed by atoms with Gasteiger partial charge >= 0.3 is 5.69 Å². The molecule has 8 nitrogen and oxygen atoms in total. The summed E-state index contributed by atoms with van der Waals surface area (Å²) < 4.78 is 14.5. The van der Waals surface area contributed by atoms with Gasteiger partial charge in [-0.25, -0.2) is 9.48 Å². The van der Waals surface area contributed by atoms with Crippen molar-refractivity contribution in [1.29, 1.82) is 0 Å². The van der Waals surface area contributed by atoms with Gasteiger partial charge in [0.05, 0.1) is 0 Å². The fraction of sp³-hybridized carbons (Fsp3) is 0.375. The van der Waals surface area contributed by atoms with Crippen molar-refractivity contribution in [3.8, 4) is 11.5 Å². The van der Waals surface area contributed by atoms with Gasteiger partial charge < -0.3 is 14.8 Å². The summed E-state index contributed by atoms with van der Waals surface area (Å²) in [6.07, 6.45) is 3.60. The number of hydrogen-bond donors (Lipinski definition) is 1. The molecule has 0 atom stereocenters.